The lowest BCUT2D eigenvalue weighted by molar-refractivity contribution is -0.142. The fraction of sp³-hybridized carbons (Fsp3) is 0.312. The number of benzene rings is 1. The molecule has 0 radical (unpaired) electrons. The highest BCUT2D eigenvalue weighted by Gasteiger charge is 2.38. The van der Waals surface area contributed by atoms with E-state index in [0.29, 0.717) is 0 Å². The first-order valence-electron chi connectivity index (χ1n) is 7.40. The van der Waals surface area contributed by atoms with E-state index in [1.807, 2.05) is 0 Å². The van der Waals surface area contributed by atoms with E-state index in [1.54, 1.807) is 6.92 Å². The molecular weight excluding hydrogens is 320 g/mol. The molecule has 1 aromatic heterocycles. The molecule has 1 aliphatic rings. The second kappa shape index (κ2) is 6.03. The van der Waals surface area contributed by atoms with Crippen LogP contribution in [0.3, 0.4) is 0 Å². The quantitative estimate of drug-likeness (QED) is 0.900. The Balaban J connectivity index is 1.94. The Hall–Kier alpha value is -2.77. The molecule has 3 rings (SSSR count). The van der Waals surface area contributed by atoms with Gasteiger partial charge in [-0.15, -0.1) is 0 Å². The van der Waals surface area contributed by atoms with Gasteiger partial charge in [0, 0.05) is 13.1 Å². The van der Waals surface area contributed by atoms with Gasteiger partial charge in [0.2, 0.25) is 0 Å². The maximum atomic E-state index is 14.0. The van der Waals surface area contributed by atoms with Crippen molar-refractivity contribution in [2.24, 2.45) is 11.8 Å². The normalized spacial score (nSPS) is 20.4. The molecule has 2 N–H and O–H groups in total. The van der Waals surface area contributed by atoms with Gasteiger partial charge < -0.3 is 10.0 Å². The minimum absolute atomic E-state index is 0.0113. The zero-order chi connectivity index (χ0) is 17.4. The molecule has 24 heavy (non-hydrogen) atoms. The van der Waals surface area contributed by atoms with Crippen LogP contribution in [0.2, 0.25) is 0 Å². The van der Waals surface area contributed by atoms with Gasteiger partial charge in [-0.05, 0) is 18.1 Å². The number of hydrogen-bond donors (Lipinski definition) is 2. The standard InChI is InChI=1S/C16H15F2N3O3/c1-8-6-21(7-10(8)16(23)24)15(22)9-5-19-20-14(9)13-11(17)3-2-4-12(13)18/h2-5,8,10H,6-7H2,1H3,(H,19,20)(H,23,24)/t8-,10-/m1/s1. The number of carbonyl (C=O) groups excluding carboxylic acids is 1. The molecule has 1 aliphatic heterocycles. The highest BCUT2D eigenvalue weighted by Crippen LogP contribution is 2.30. The topological polar surface area (TPSA) is 86.3 Å². The molecule has 1 fully saturated rings. The molecule has 126 valence electrons. The van der Waals surface area contributed by atoms with E-state index in [2.05, 4.69) is 10.2 Å². The summed E-state index contributed by atoms with van der Waals surface area (Å²) in [7, 11) is 0. The van der Waals surface area contributed by atoms with Crippen molar-refractivity contribution in [2.75, 3.05) is 13.1 Å². The third-order valence-electron chi connectivity index (χ3n) is 4.30. The molecule has 0 saturated carbocycles. The van der Waals surface area contributed by atoms with E-state index in [4.69, 9.17) is 5.11 Å². The summed E-state index contributed by atoms with van der Waals surface area (Å²) < 4.78 is 27.9. The minimum atomic E-state index is -0.967. The molecule has 0 unspecified atom stereocenters. The SMILES string of the molecule is C[C@@H]1CN(C(=O)c2cn[nH]c2-c2c(F)cccc2F)C[C@H]1C(=O)O. The number of carboxylic acids is 1. The average Bonchev–Trinajstić information content (AvgIpc) is 3.13. The lowest BCUT2D eigenvalue weighted by Crippen LogP contribution is -2.30. The molecule has 0 spiro atoms. The minimum Gasteiger partial charge on any atom is -0.481 e. The number of H-pyrrole nitrogens is 1. The van der Waals surface area contributed by atoms with Crippen LogP contribution in [0.25, 0.3) is 11.3 Å². The first-order chi connectivity index (χ1) is 11.4. The summed E-state index contributed by atoms with van der Waals surface area (Å²) in [5.41, 5.74) is -0.403. The molecule has 8 heteroatoms. The smallest absolute Gasteiger partial charge is 0.308 e. The van der Waals surface area contributed by atoms with Gasteiger partial charge in [0.15, 0.2) is 0 Å². The number of likely N-dealkylation sites (tertiary alicyclic amines) is 1. The number of rotatable bonds is 3. The molecule has 6 nitrogen and oxygen atoms in total. The number of carbonyl (C=O) groups is 2. The van der Waals surface area contributed by atoms with Crippen LogP contribution >= 0.6 is 0 Å². The summed E-state index contributed by atoms with van der Waals surface area (Å²) in [4.78, 5) is 25.2. The van der Waals surface area contributed by atoms with Gasteiger partial charge in [-0.1, -0.05) is 13.0 Å². The van der Waals surface area contributed by atoms with Crippen molar-refractivity contribution in [3.05, 3.63) is 41.6 Å². The van der Waals surface area contributed by atoms with Gasteiger partial charge in [0.25, 0.3) is 5.91 Å². The third-order valence-corrected chi connectivity index (χ3v) is 4.30. The second-order valence-corrected chi connectivity index (χ2v) is 5.89. The lowest BCUT2D eigenvalue weighted by Gasteiger charge is -2.16. The Labute approximate surface area is 136 Å². The number of halogens is 2. The van der Waals surface area contributed by atoms with Gasteiger partial charge in [-0.2, -0.15) is 5.10 Å². The fourth-order valence-corrected chi connectivity index (χ4v) is 3.00. The number of carboxylic acid groups (broad SMARTS) is 1. The number of nitrogens with zero attached hydrogens (tertiary/aromatic N) is 2. The van der Waals surface area contributed by atoms with Crippen molar-refractivity contribution in [3.63, 3.8) is 0 Å². The van der Waals surface area contributed by atoms with Crippen LogP contribution in [0, 0.1) is 23.5 Å². The maximum absolute atomic E-state index is 14.0. The molecule has 1 saturated heterocycles. The zero-order valence-electron chi connectivity index (χ0n) is 12.8. The molecule has 2 atom stereocenters. The van der Waals surface area contributed by atoms with Crippen molar-refractivity contribution in [3.8, 4) is 11.3 Å². The molecular formula is C16H15F2N3O3. The van der Waals surface area contributed by atoms with E-state index in [1.165, 1.54) is 17.2 Å². The molecule has 2 aromatic rings. The Morgan fingerprint density at radius 2 is 1.96 bits per heavy atom. The summed E-state index contributed by atoms with van der Waals surface area (Å²) in [6, 6.07) is 3.41. The van der Waals surface area contributed by atoms with Crippen LogP contribution in [0.5, 0.6) is 0 Å². The number of aromatic nitrogens is 2. The van der Waals surface area contributed by atoms with Crippen LogP contribution in [-0.2, 0) is 4.79 Å². The predicted octanol–water partition coefficient (Wildman–Crippen LogP) is 2.15. The lowest BCUT2D eigenvalue weighted by atomic mass is 9.99. The first kappa shape index (κ1) is 16.1. The number of amides is 1. The summed E-state index contributed by atoms with van der Waals surface area (Å²) in [6.45, 7) is 2.07. The van der Waals surface area contributed by atoms with E-state index in [0.717, 1.165) is 12.1 Å². The second-order valence-electron chi connectivity index (χ2n) is 5.89. The van der Waals surface area contributed by atoms with Crippen molar-refractivity contribution >= 4 is 11.9 Å². The van der Waals surface area contributed by atoms with E-state index >= 15 is 0 Å². The molecule has 1 aromatic carbocycles. The monoisotopic (exact) mass is 335 g/mol. The Morgan fingerprint density at radius 1 is 1.29 bits per heavy atom. The van der Waals surface area contributed by atoms with Crippen LogP contribution in [0.4, 0.5) is 8.78 Å². The van der Waals surface area contributed by atoms with Crippen LogP contribution in [-0.4, -0.2) is 45.2 Å². The number of hydrogen-bond acceptors (Lipinski definition) is 3. The van der Waals surface area contributed by atoms with E-state index in [9.17, 15) is 18.4 Å². The molecule has 1 amide bonds. The molecule has 0 bridgehead atoms. The summed E-state index contributed by atoms with van der Waals surface area (Å²) in [5.74, 6) is -3.96. The van der Waals surface area contributed by atoms with Gasteiger partial charge in [-0.3, -0.25) is 14.7 Å². The average molecular weight is 335 g/mol. The number of nitrogens with one attached hydrogen (secondary N) is 1. The van der Waals surface area contributed by atoms with E-state index in [-0.39, 0.29) is 35.8 Å². The number of aromatic amines is 1. The Bertz CT molecular complexity index is 785. The van der Waals surface area contributed by atoms with Gasteiger partial charge in [-0.25, -0.2) is 8.78 Å². The Morgan fingerprint density at radius 3 is 2.54 bits per heavy atom. The fourth-order valence-electron chi connectivity index (χ4n) is 3.00. The zero-order valence-corrected chi connectivity index (χ0v) is 12.8. The largest absolute Gasteiger partial charge is 0.481 e. The highest BCUT2D eigenvalue weighted by atomic mass is 19.1. The first-order valence-corrected chi connectivity index (χ1v) is 7.40. The third kappa shape index (κ3) is 2.64. The van der Waals surface area contributed by atoms with E-state index < -0.39 is 29.4 Å². The van der Waals surface area contributed by atoms with Crippen LogP contribution in [0.15, 0.2) is 24.4 Å². The van der Waals surface area contributed by atoms with Gasteiger partial charge >= 0.3 is 5.97 Å². The Kier molecular flexibility index (Phi) is 4.04. The molecule has 2 heterocycles. The van der Waals surface area contributed by atoms with Crippen LogP contribution in [0.1, 0.15) is 17.3 Å². The molecule has 0 aliphatic carbocycles. The highest BCUT2D eigenvalue weighted by molar-refractivity contribution is 6.00. The predicted molar refractivity (Wildman–Crippen MR) is 80.1 cm³/mol. The summed E-state index contributed by atoms with van der Waals surface area (Å²) >= 11 is 0. The van der Waals surface area contributed by atoms with Gasteiger partial charge in [0.05, 0.1) is 28.9 Å². The number of aliphatic carboxylic acids is 1. The maximum Gasteiger partial charge on any atom is 0.308 e. The van der Waals surface area contributed by atoms with Crippen molar-refractivity contribution < 1.29 is 23.5 Å². The van der Waals surface area contributed by atoms with Crippen molar-refractivity contribution in [1.82, 2.24) is 15.1 Å². The summed E-state index contributed by atoms with van der Waals surface area (Å²) in [6.07, 6.45) is 1.20. The van der Waals surface area contributed by atoms with Crippen molar-refractivity contribution in [1.29, 1.82) is 0 Å². The van der Waals surface area contributed by atoms with Gasteiger partial charge in [0.1, 0.15) is 11.6 Å². The summed E-state index contributed by atoms with van der Waals surface area (Å²) in [5, 5.41) is 15.3. The van der Waals surface area contributed by atoms with Crippen LogP contribution < -0.4 is 0 Å². The van der Waals surface area contributed by atoms with Crippen molar-refractivity contribution in [2.45, 2.75) is 6.92 Å².